The zero-order valence-electron chi connectivity index (χ0n) is 12.1. The van der Waals surface area contributed by atoms with Crippen molar-refractivity contribution < 1.29 is 0 Å². The first-order chi connectivity index (χ1) is 10.4. The molecule has 0 N–H and O–H groups in total. The largest absolute Gasteiger partial charge is 0.107 e. The molecule has 0 fully saturated rings. The summed E-state index contributed by atoms with van der Waals surface area (Å²) in [6.45, 7) is 0. The van der Waals surface area contributed by atoms with Gasteiger partial charge in [-0.2, -0.15) is 0 Å². The molecule has 0 saturated carbocycles. The van der Waals surface area contributed by atoms with E-state index in [-0.39, 0.29) is 24.0 Å². The Bertz CT molecular complexity index is 588. The van der Waals surface area contributed by atoms with Crippen molar-refractivity contribution in [1.29, 1.82) is 0 Å². The number of halogens is 2. The summed E-state index contributed by atoms with van der Waals surface area (Å²) < 4.78 is 1.11. The molecule has 0 aromatic heterocycles. The van der Waals surface area contributed by atoms with Gasteiger partial charge in [0.1, 0.15) is 0 Å². The first kappa shape index (κ1) is 17.9. The van der Waals surface area contributed by atoms with Crippen molar-refractivity contribution >= 4 is 69.7 Å². The topological polar surface area (TPSA) is 0 Å². The van der Waals surface area contributed by atoms with Gasteiger partial charge in [0.05, 0.1) is 0 Å². The van der Waals surface area contributed by atoms with Crippen LogP contribution in [0.1, 0.15) is 0 Å². The predicted molar refractivity (Wildman–Crippen MR) is 119 cm³/mol. The molecule has 0 saturated heterocycles. The van der Waals surface area contributed by atoms with Crippen molar-refractivity contribution in [3.8, 4) is 0 Å². The minimum atomic E-state index is -1.55. The van der Waals surface area contributed by atoms with Gasteiger partial charge >= 0.3 is 0 Å². The maximum Gasteiger partial charge on any atom is 0.0278 e. The molecule has 3 aromatic rings. The molecule has 0 aliphatic heterocycles. The van der Waals surface area contributed by atoms with E-state index in [1.807, 2.05) is 0 Å². The van der Waals surface area contributed by atoms with Crippen molar-refractivity contribution in [3.63, 3.8) is 0 Å². The molecule has 1 radical (unpaired) electrons. The Morgan fingerprint density at radius 2 is 0.818 bits per heavy atom. The minimum Gasteiger partial charge on any atom is -0.107 e. The Balaban J connectivity index is 0.00000176. The van der Waals surface area contributed by atoms with Gasteiger partial charge in [-0.1, -0.05) is 114 Å². The van der Waals surface area contributed by atoms with Crippen molar-refractivity contribution in [2.24, 2.45) is 0 Å². The molecule has 0 nitrogen and oxygen atoms in total. The maximum absolute atomic E-state index is 2.56. The highest BCUT2D eigenvalue weighted by molar-refractivity contribution is 14.1. The third kappa shape index (κ3) is 3.39. The van der Waals surface area contributed by atoms with Gasteiger partial charge < -0.3 is 0 Å². The number of rotatable bonds is 4. The minimum absolute atomic E-state index is 0. The number of hydrogen-bond acceptors (Lipinski definition) is 0. The Kier molecular flexibility index (Phi) is 6.85. The molecule has 3 heteroatoms. The van der Waals surface area contributed by atoms with Gasteiger partial charge in [-0.25, -0.2) is 0 Å². The fourth-order valence-electron chi connectivity index (χ4n) is 2.70. The molecule has 22 heavy (non-hydrogen) atoms. The molecule has 3 rings (SSSR count). The molecule has 0 heterocycles. The Morgan fingerprint density at radius 1 is 0.545 bits per heavy atom. The van der Waals surface area contributed by atoms with Crippen molar-refractivity contribution in [1.82, 2.24) is 0 Å². The van der Waals surface area contributed by atoms with Crippen LogP contribution in [-0.2, 0) is 0 Å². The van der Waals surface area contributed by atoms with E-state index in [1.165, 1.54) is 15.9 Å². The van der Waals surface area contributed by atoms with Crippen LogP contribution in [0.5, 0.6) is 0 Å². The summed E-state index contributed by atoms with van der Waals surface area (Å²) in [5, 5.41) is 4.37. The summed E-state index contributed by atoms with van der Waals surface area (Å²) in [6, 6.07) is 32.9. The number of hydrogen-bond donors (Lipinski definition) is 0. The van der Waals surface area contributed by atoms with Gasteiger partial charge in [-0.05, 0) is 23.2 Å². The van der Waals surface area contributed by atoms with Crippen LogP contribution in [0.25, 0.3) is 0 Å². The van der Waals surface area contributed by atoms with Crippen molar-refractivity contribution in [2.45, 2.75) is 0 Å². The smallest absolute Gasteiger partial charge is 0.0278 e. The van der Waals surface area contributed by atoms with Crippen LogP contribution < -0.4 is 15.9 Å². The van der Waals surface area contributed by atoms with Gasteiger partial charge in [-0.15, -0.1) is 24.0 Å². The Labute approximate surface area is 163 Å². The van der Waals surface area contributed by atoms with Crippen LogP contribution in [0.15, 0.2) is 91.0 Å². The summed E-state index contributed by atoms with van der Waals surface area (Å²) in [6.07, 6.45) is 0. The monoisotopic (exact) mass is 531 g/mol. The molecule has 0 amide bonds. The summed E-state index contributed by atoms with van der Waals surface area (Å²) >= 11 is 2.56. The maximum atomic E-state index is 2.56. The molecule has 113 valence electrons. The SMILES string of the molecule is I.IC[P](c1ccccc1)(c1ccccc1)c1ccccc1. The fourth-order valence-corrected chi connectivity index (χ4v) is 9.60. The molecule has 0 aliphatic carbocycles. The normalized spacial score (nSPS) is 10.8. The van der Waals surface area contributed by atoms with Crippen molar-refractivity contribution in [3.05, 3.63) is 91.0 Å². The standard InChI is InChI=1S/C19H17IP.HI/c20-16-21(17-10-4-1-5-11-17,18-12-6-2-7-13-18)19-14-8-3-9-15-19;/h1-15H,16H2;1H. The lowest BCUT2D eigenvalue weighted by molar-refractivity contribution is 1.71. The van der Waals surface area contributed by atoms with Crippen LogP contribution in [0.3, 0.4) is 0 Å². The highest BCUT2D eigenvalue weighted by Gasteiger charge is 2.32. The average molecular weight is 531 g/mol. The zero-order chi connectivity index (χ0) is 14.5. The van der Waals surface area contributed by atoms with Crippen LogP contribution >= 0.6 is 53.8 Å². The number of benzene rings is 3. The van der Waals surface area contributed by atoms with E-state index in [0.29, 0.717) is 0 Å². The molecule has 0 spiro atoms. The molecular weight excluding hydrogens is 513 g/mol. The zero-order valence-corrected chi connectivity index (χ0v) is 17.5. The number of alkyl halides is 1. The lowest BCUT2D eigenvalue weighted by Crippen LogP contribution is -2.31. The molecular formula is C19H18I2P. The van der Waals surface area contributed by atoms with Gasteiger partial charge in [-0.3, -0.25) is 0 Å². The Morgan fingerprint density at radius 3 is 1.05 bits per heavy atom. The lowest BCUT2D eigenvalue weighted by atomic mass is 10.4. The van der Waals surface area contributed by atoms with E-state index in [9.17, 15) is 0 Å². The van der Waals surface area contributed by atoms with Gasteiger partial charge in [0.25, 0.3) is 0 Å². The fraction of sp³-hybridized carbons (Fsp3) is 0.0526. The predicted octanol–water partition coefficient (Wildman–Crippen LogP) is 4.99. The van der Waals surface area contributed by atoms with Crippen molar-refractivity contribution in [2.75, 3.05) is 4.17 Å². The van der Waals surface area contributed by atoms with Gasteiger partial charge in [0.15, 0.2) is 0 Å². The van der Waals surface area contributed by atoms with Crippen LogP contribution in [-0.4, -0.2) is 4.17 Å². The van der Waals surface area contributed by atoms with E-state index in [0.717, 1.165) is 4.17 Å². The van der Waals surface area contributed by atoms with Crippen LogP contribution in [0.2, 0.25) is 0 Å². The summed E-state index contributed by atoms with van der Waals surface area (Å²) in [5.41, 5.74) is 0. The van der Waals surface area contributed by atoms with E-state index >= 15 is 0 Å². The lowest BCUT2D eigenvalue weighted by Gasteiger charge is -2.36. The van der Waals surface area contributed by atoms with E-state index in [2.05, 4.69) is 114 Å². The van der Waals surface area contributed by atoms with Crippen LogP contribution in [0, 0.1) is 0 Å². The highest BCUT2D eigenvalue weighted by Crippen LogP contribution is 2.56. The summed E-state index contributed by atoms with van der Waals surface area (Å²) in [7, 11) is -1.55. The summed E-state index contributed by atoms with van der Waals surface area (Å²) in [4.78, 5) is 0. The highest BCUT2D eigenvalue weighted by atomic mass is 127. The second kappa shape index (κ2) is 8.42. The van der Waals surface area contributed by atoms with E-state index in [4.69, 9.17) is 0 Å². The second-order valence-electron chi connectivity index (χ2n) is 4.94. The van der Waals surface area contributed by atoms with Crippen LogP contribution in [0.4, 0.5) is 0 Å². The van der Waals surface area contributed by atoms with E-state index in [1.54, 1.807) is 0 Å². The first-order valence-corrected chi connectivity index (χ1v) is 10.5. The molecule has 3 aromatic carbocycles. The third-order valence-corrected chi connectivity index (χ3v) is 10.7. The average Bonchev–Trinajstić information content (AvgIpc) is 2.59. The second-order valence-corrected chi connectivity index (χ2v) is 10.4. The molecule has 0 aliphatic rings. The van der Waals surface area contributed by atoms with Gasteiger partial charge in [0, 0.05) is 4.17 Å². The molecule has 0 unspecified atom stereocenters. The van der Waals surface area contributed by atoms with Gasteiger partial charge in [0.2, 0.25) is 0 Å². The third-order valence-electron chi connectivity index (χ3n) is 3.77. The summed E-state index contributed by atoms with van der Waals surface area (Å²) in [5.74, 6) is 0. The molecule has 0 bridgehead atoms. The van der Waals surface area contributed by atoms with E-state index < -0.39 is 7.26 Å². The quantitative estimate of drug-likeness (QED) is 0.253. The Hall–Kier alpha value is -0.450. The molecule has 0 atom stereocenters. The first-order valence-electron chi connectivity index (χ1n) is 6.99.